The molecule has 6 aromatic heterocycles. The van der Waals surface area contributed by atoms with E-state index in [1.54, 1.807) is 0 Å². The Bertz CT molecular complexity index is 1540. The summed E-state index contributed by atoms with van der Waals surface area (Å²) in [6, 6.07) is 35.7. The van der Waals surface area contributed by atoms with E-state index in [1.807, 2.05) is 146 Å². The Morgan fingerprint density at radius 1 is 0.214 bits per heavy atom. The lowest BCUT2D eigenvalue weighted by Crippen LogP contribution is -2.05. The molecule has 0 bridgehead atoms. The maximum atomic E-state index is 4.88. The molecule has 7 aromatic rings. The van der Waals surface area contributed by atoms with Crippen molar-refractivity contribution in [3.63, 3.8) is 0 Å². The molecule has 0 saturated heterocycles. The molecule has 0 unspecified atom stereocenters. The molecule has 0 spiro atoms. The Hall–Kier alpha value is -5.88. The third-order valence-electron chi connectivity index (χ3n) is 7.03. The van der Waals surface area contributed by atoms with Crippen LogP contribution in [0.15, 0.2) is 146 Å². The molecule has 0 fully saturated rings. The van der Waals surface area contributed by atoms with E-state index in [-0.39, 0.29) is 0 Å². The minimum atomic E-state index is 0.792. The normalized spacial score (nSPS) is 10.9. The van der Waals surface area contributed by atoms with Gasteiger partial charge in [0.05, 0.1) is 34.2 Å². The number of hydrogen-bond acceptors (Lipinski definition) is 6. The standard InChI is InChI=1S/C36H24N6/c1-7-19-37-25(13-1)31-32(26-14-2-8-20-38-26)34(28-16-4-10-22-40-28)36(30-18-6-12-24-42-30)35(29-17-5-11-23-41-29)33(31)27-15-3-9-21-39-27/h1-24H. The minimum Gasteiger partial charge on any atom is -0.256 e. The molecule has 0 aliphatic rings. The van der Waals surface area contributed by atoms with E-state index in [4.69, 9.17) is 29.9 Å². The zero-order chi connectivity index (χ0) is 28.1. The van der Waals surface area contributed by atoms with Gasteiger partial charge in [-0.3, -0.25) is 29.9 Å². The van der Waals surface area contributed by atoms with Crippen LogP contribution >= 0.6 is 0 Å². The van der Waals surface area contributed by atoms with Gasteiger partial charge in [0.25, 0.3) is 0 Å². The molecule has 6 heterocycles. The van der Waals surface area contributed by atoms with Crippen molar-refractivity contribution in [2.45, 2.75) is 0 Å². The van der Waals surface area contributed by atoms with Gasteiger partial charge in [0.2, 0.25) is 0 Å². The van der Waals surface area contributed by atoms with Crippen molar-refractivity contribution in [3.05, 3.63) is 146 Å². The van der Waals surface area contributed by atoms with Crippen LogP contribution in [-0.4, -0.2) is 29.9 Å². The van der Waals surface area contributed by atoms with Crippen molar-refractivity contribution in [2.75, 3.05) is 0 Å². The van der Waals surface area contributed by atoms with Crippen LogP contribution in [-0.2, 0) is 0 Å². The maximum Gasteiger partial charge on any atom is 0.0716 e. The van der Waals surface area contributed by atoms with Crippen molar-refractivity contribution < 1.29 is 0 Å². The largest absolute Gasteiger partial charge is 0.256 e. The maximum absolute atomic E-state index is 4.88. The predicted octanol–water partition coefficient (Wildman–Crippen LogP) is 8.06. The van der Waals surface area contributed by atoms with Crippen molar-refractivity contribution in [2.24, 2.45) is 0 Å². The second-order valence-electron chi connectivity index (χ2n) is 9.54. The molecular formula is C36H24N6. The summed E-state index contributed by atoms with van der Waals surface area (Å²) in [5.41, 5.74) is 10.1. The van der Waals surface area contributed by atoms with E-state index < -0.39 is 0 Å². The van der Waals surface area contributed by atoms with Crippen LogP contribution < -0.4 is 0 Å². The third-order valence-corrected chi connectivity index (χ3v) is 7.03. The van der Waals surface area contributed by atoms with Gasteiger partial charge in [-0.05, 0) is 72.8 Å². The monoisotopic (exact) mass is 540 g/mol. The summed E-state index contributed by atoms with van der Waals surface area (Å²) < 4.78 is 0. The Morgan fingerprint density at radius 3 is 0.500 bits per heavy atom. The summed E-state index contributed by atoms with van der Waals surface area (Å²) in [6.07, 6.45) is 10.9. The van der Waals surface area contributed by atoms with Crippen LogP contribution in [0.2, 0.25) is 0 Å². The third kappa shape index (κ3) is 4.61. The van der Waals surface area contributed by atoms with Gasteiger partial charge in [-0.25, -0.2) is 0 Å². The number of pyridine rings is 6. The van der Waals surface area contributed by atoms with Crippen LogP contribution in [0.5, 0.6) is 0 Å². The number of nitrogens with zero attached hydrogens (tertiary/aromatic N) is 6. The van der Waals surface area contributed by atoms with E-state index in [0.717, 1.165) is 67.5 Å². The summed E-state index contributed by atoms with van der Waals surface area (Å²) in [7, 11) is 0. The molecule has 6 nitrogen and oxygen atoms in total. The topological polar surface area (TPSA) is 77.3 Å². The molecule has 0 aliphatic heterocycles. The second-order valence-corrected chi connectivity index (χ2v) is 9.54. The molecule has 0 N–H and O–H groups in total. The van der Waals surface area contributed by atoms with Gasteiger partial charge in [0.1, 0.15) is 0 Å². The lowest BCUT2D eigenvalue weighted by Gasteiger charge is -2.26. The molecule has 0 atom stereocenters. The van der Waals surface area contributed by atoms with E-state index in [1.165, 1.54) is 0 Å². The number of benzene rings is 1. The Labute approximate surface area is 243 Å². The van der Waals surface area contributed by atoms with Gasteiger partial charge >= 0.3 is 0 Å². The number of hydrogen-bond donors (Lipinski definition) is 0. The van der Waals surface area contributed by atoms with Crippen LogP contribution in [0.3, 0.4) is 0 Å². The molecule has 7 rings (SSSR count). The fourth-order valence-electron chi connectivity index (χ4n) is 5.35. The van der Waals surface area contributed by atoms with Crippen LogP contribution in [0, 0.1) is 0 Å². The summed E-state index contributed by atoms with van der Waals surface area (Å²) in [5.74, 6) is 0. The minimum absolute atomic E-state index is 0.792. The van der Waals surface area contributed by atoms with Gasteiger partial charge in [-0.1, -0.05) is 36.4 Å². The fourth-order valence-corrected chi connectivity index (χ4v) is 5.35. The zero-order valence-electron chi connectivity index (χ0n) is 22.5. The average Bonchev–Trinajstić information content (AvgIpc) is 3.09. The summed E-state index contributed by atoms with van der Waals surface area (Å²) in [4.78, 5) is 29.3. The molecule has 198 valence electrons. The highest BCUT2D eigenvalue weighted by Crippen LogP contribution is 2.53. The van der Waals surface area contributed by atoms with Crippen LogP contribution in [0.1, 0.15) is 0 Å². The molecule has 0 radical (unpaired) electrons. The highest BCUT2D eigenvalue weighted by Gasteiger charge is 2.31. The Morgan fingerprint density at radius 2 is 0.381 bits per heavy atom. The quantitative estimate of drug-likeness (QED) is 0.212. The van der Waals surface area contributed by atoms with E-state index in [2.05, 4.69) is 0 Å². The molecule has 0 saturated carbocycles. The summed E-state index contributed by atoms with van der Waals surface area (Å²) in [5, 5.41) is 0. The first kappa shape index (κ1) is 25.1. The van der Waals surface area contributed by atoms with Crippen molar-refractivity contribution in [3.8, 4) is 67.5 Å². The molecule has 0 amide bonds. The smallest absolute Gasteiger partial charge is 0.0716 e. The van der Waals surface area contributed by atoms with Crippen LogP contribution in [0.25, 0.3) is 67.5 Å². The predicted molar refractivity (Wildman–Crippen MR) is 166 cm³/mol. The molecule has 0 aliphatic carbocycles. The van der Waals surface area contributed by atoms with Gasteiger partial charge in [0, 0.05) is 70.6 Å². The van der Waals surface area contributed by atoms with Gasteiger partial charge < -0.3 is 0 Å². The Balaban J connectivity index is 1.81. The van der Waals surface area contributed by atoms with E-state index >= 15 is 0 Å². The summed E-state index contributed by atoms with van der Waals surface area (Å²) in [6.45, 7) is 0. The van der Waals surface area contributed by atoms with Gasteiger partial charge in [-0.2, -0.15) is 0 Å². The first-order valence-electron chi connectivity index (χ1n) is 13.6. The van der Waals surface area contributed by atoms with Gasteiger partial charge in [-0.15, -0.1) is 0 Å². The SMILES string of the molecule is c1ccc(-c2c(-c3ccccn3)c(-c3ccccn3)c(-c3ccccn3)c(-c3ccccn3)c2-c2ccccn2)nc1. The van der Waals surface area contributed by atoms with E-state index in [0.29, 0.717) is 0 Å². The zero-order valence-corrected chi connectivity index (χ0v) is 22.5. The molecule has 1 aromatic carbocycles. The Kier molecular flexibility index (Phi) is 6.76. The van der Waals surface area contributed by atoms with Crippen molar-refractivity contribution in [1.29, 1.82) is 0 Å². The van der Waals surface area contributed by atoms with Crippen LogP contribution in [0.4, 0.5) is 0 Å². The number of rotatable bonds is 6. The number of aromatic nitrogens is 6. The molecular weight excluding hydrogens is 516 g/mol. The lowest BCUT2D eigenvalue weighted by molar-refractivity contribution is 1.25. The van der Waals surface area contributed by atoms with Crippen molar-refractivity contribution in [1.82, 2.24) is 29.9 Å². The highest BCUT2D eigenvalue weighted by atomic mass is 14.8. The van der Waals surface area contributed by atoms with Crippen molar-refractivity contribution >= 4 is 0 Å². The summed E-state index contributed by atoms with van der Waals surface area (Å²) >= 11 is 0. The molecule has 42 heavy (non-hydrogen) atoms. The lowest BCUT2D eigenvalue weighted by atomic mass is 9.79. The molecule has 6 heteroatoms. The first-order valence-corrected chi connectivity index (χ1v) is 13.6. The van der Waals surface area contributed by atoms with E-state index in [9.17, 15) is 0 Å². The average molecular weight is 541 g/mol. The first-order chi connectivity index (χ1) is 20.9. The second kappa shape index (κ2) is 11.3. The van der Waals surface area contributed by atoms with Gasteiger partial charge in [0.15, 0.2) is 0 Å². The highest BCUT2D eigenvalue weighted by molar-refractivity contribution is 6.12. The fraction of sp³-hybridized carbons (Fsp3) is 0.